The molecule has 1 fully saturated rings. The van der Waals surface area contributed by atoms with Crippen LogP contribution in [0, 0.1) is 5.82 Å². The number of nitrogens with zero attached hydrogens (tertiary/aromatic N) is 1. The molecule has 1 heterocycles. The van der Waals surface area contributed by atoms with Crippen LogP contribution in [0.1, 0.15) is 5.56 Å². The van der Waals surface area contributed by atoms with Crippen LogP contribution in [0.25, 0.3) is 0 Å². The third-order valence-electron chi connectivity index (χ3n) is 2.91. The highest BCUT2D eigenvalue weighted by atomic mass is 79.9. The van der Waals surface area contributed by atoms with Gasteiger partial charge < -0.3 is 5.11 Å². The molecule has 0 saturated carbocycles. The molecule has 0 aliphatic carbocycles. The molecule has 98 valence electrons. The SMILES string of the molecule is O=C(O)C1CSCCN1Cc1ccc(Br)cc1F. The van der Waals surface area contributed by atoms with Crippen LogP contribution >= 0.6 is 27.7 Å². The van der Waals surface area contributed by atoms with E-state index in [1.54, 1.807) is 23.9 Å². The molecule has 2 rings (SSSR count). The maximum absolute atomic E-state index is 13.7. The molecule has 0 amide bonds. The molecule has 1 aromatic carbocycles. The molecule has 0 radical (unpaired) electrons. The van der Waals surface area contributed by atoms with Gasteiger partial charge in [0.1, 0.15) is 11.9 Å². The third-order valence-corrected chi connectivity index (χ3v) is 4.43. The molecule has 1 aromatic rings. The molecule has 1 saturated heterocycles. The first-order valence-corrected chi connectivity index (χ1v) is 7.51. The van der Waals surface area contributed by atoms with E-state index in [0.717, 1.165) is 5.75 Å². The summed E-state index contributed by atoms with van der Waals surface area (Å²) in [6.07, 6.45) is 0. The fraction of sp³-hybridized carbons (Fsp3) is 0.417. The Morgan fingerprint density at radius 3 is 3.06 bits per heavy atom. The monoisotopic (exact) mass is 333 g/mol. The summed E-state index contributed by atoms with van der Waals surface area (Å²) >= 11 is 4.83. The molecular formula is C12H13BrFNO2S. The van der Waals surface area contributed by atoms with E-state index in [4.69, 9.17) is 5.11 Å². The number of halogens is 2. The fourth-order valence-corrected chi connectivity index (χ4v) is 3.36. The van der Waals surface area contributed by atoms with Crippen molar-refractivity contribution in [3.63, 3.8) is 0 Å². The molecule has 6 heteroatoms. The zero-order chi connectivity index (χ0) is 13.1. The Labute approximate surface area is 117 Å². The first-order valence-electron chi connectivity index (χ1n) is 5.56. The summed E-state index contributed by atoms with van der Waals surface area (Å²) < 4.78 is 14.4. The number of carbonyl (C=O) groups is 1. The van der Waals surface area contributed by atoms with Crippen LogP contribution in [0.5, 0.6) is 0 Å². The van der Waals surface area contributed by atoms with Crippen LogP contribution in [0.4, 0.5) is 4.39 Å². The van der Waals surface area contributed by atoms with Crippen molar-refractivity contribution in [1.82, 2.24) is 4.90 Å². The van der Waals surface area contributed by atoms with Crippen LogP contribution in [0.2, 0.25) is 0 Å². The molecular weight excluding hydrogens is 321 g/mol. The second-order valence-corrected chi connectivity index (χ2v) is 6.20. The lowest BCUT2D eigenvalue weighted by Crippen LogP contribution is -2.46. The number of aliphatic carboxylic acids is 1. The van der Waals surface area contributed by atoms with Crippen molar-refractivity contribution in [2.75, 3.05) is 18.1 Å². The number of thioether (sulfide) groups is 1. The van der Waals surface area contributed by atoms with Gasteiger partial charge in [0.2, 0.25) is 0 Å². The van der Waals surface area contributed by atoms with Gasteiger partial charge in [-0.2, -0.15) is 11.8 Å². The average molecular weight is 334 g/mol. The minimum atomic E-state index is -0.834. The maximum atomic E-state index is 13.7. The predicted molar refractivity (Wildman–Crippen MR) is 73.3 cm³/mol. The molecule has 1 aliphatic rings. The third kappa shape index (κ3) is 3.24. The van der Waals surface area contributed by atoms with Crippen molar-refractivity contribution in [1.29, 1.82) is 0 Å². The van der Waals surface area contributed by atoms with Crippen molar-refractivity contribution in [2.45, 2.75) is 12.6 Å². The van der Waals surface area contributed by atoms with Crippen LogP contribution < -0.4 is 0 Å². The lowest BCUT2D eigenvalue weighted by Gasteiger charge is -2.32. The van der Waals surface area contributed by atoms with E-state index in [-0.39, 0.29) is 5.82 Å². The smallest absolute Gasteiger partial charge is 0.321 e. The number of carboxylic acids is 1. The highest BCUT2D eigenvalue weighted by Crippen LogP contribution is 2.22. The van der Waals surface area contributed by atoms with E-state index in [0.29, 0.717) is 28.9 Å². The second-order valence-electron chi connectivity index (χ2n) is 4.14. The van der Waals surface area contributed by atoms with Gasteiger partial charge in [-0.15, -0.1) is 0 Å². The number of benzene rings is 1. The fourth-order valence-electron chi connectivity index (χ4n) is 1.92. The van der Waals surface area contributed by atoms with E-state index in [9.17, 15) is 9.18 Å². The van der Waals surface area contributed by atoms with E-state index < -0.39 is 12.0 Å². The summed E-state index contributed by atoms with van der Waals surface area (Å²) in [4.78, 5) is 13.0. The van der Waals surface area contributed by atoms with E-state index in [1.165, 1.54) is 6.07 Å². The van der Waals surface area contributed by atoms with Crippen molar-refractivity contribution in [3.8, 4) is 0 Å². The van der Waals surface area contributed by atoms with Crippen LogP contribution in [0.15, 0.2) is 22.7 Å². The first-order chi connectivity index (χ1) is 8.58. The summed E-state index contributed by atoms with van der Waals surface area (Å²) in [5.74, 6) is 0.321. The summed E-state index contributed by atoms with van der Waals surface area (Å²) in [5, 5.41) is 9.14. The zero-order valence-corrected chi connectivity index (χ0v) is 12.0. The van der Waals surface area contributed by atoms with Gasteiger partial charge in [-0.3, -0.25) is 9.69 Å². The molecule has 0 aromatic heterocycles. The molecule has 18 heavy (non-hydrogen) atoms. The Morgan fingerprint density at radius 2 is 2.39 bits per heavy atom. The summed E-state index contributed by atoms with van der Waals surface area (Å²) in [6.45, 7) is 1.02. The Morgan fingerprint density at radius 1 is 1.61 bits per heavy atom. The van der Waals surface area contributed by atoms with Gasteiger partial charge in [-0.25, -0.2) is 4.39 Å². The molecule has 1 atom stereocenters. The summed E-state index contributed by atoms with van der Waals surface area (Å²) in [6, 6.07) is 4.35. The summed E-state index contributed by atoms with van der Waals surface area (Å²) in [7, 11) is 0. The average Bonchev–Trinajstić information content (AvgIpc) is 2.33. The molecule has 1 N–H and O–H groups in total. The highest BCUT2D eigenvalue weighted by molar-refractivity contribution is 9.10. The maximum Gasteiger partial charge on any atom is 0.321 e. The van der Waals surface area contributed by atoms with Gasteiger partial charge in [0.15, 0.2) is 0 Å². The molecule has 0 spiro atoms. The minimum Gasteiger partial charge on any atom is -0.480 e. The van der Waals surface area contributed by atoms with E-state index in [1.807, 2.05) is 4.90 Å². The van der Waals surface area contributed by atoms with E-state index in [2.05, 4.69) is 15.9 Å². The van der Waals surface area contributed by atoms with Crippen molar-refractivity contribution >= 4 is 33.7 Å². The Hall–Kier alpha value is -0.590. The molecule has 1 aliphatic heterocycles. The molecule has 0 bridgehead atoms. The summed E-state index contributed by atoms with van der Waals surface area (Å²) in [5.41, 5.74) is 0.538. The van der Waals surface area contributed by atoms with Gasteiger partial charge in [0.25, 0.3) is 0 Å². The predicted octanol–water partition coefficient (Wildman–Crippen LogP) is 2.59. The quantitative estimate of drug-likeness (QED) is 0.923. The van der Waals surface area contributed by atoms with Gasteiger partial charge in [-0.05, 0) is 12.1 Å². The largest absolute Gasteiger partial charge is 0.480 e. The van der Waals surface area contributed by atoms with Crippen LogP contribution in [-0.2, 0) is 11.3 Å². The number of carboxylic acid groups (broad SMARTS) is 1. The number of hydrogen-bond acceptors (Lipinski definition) is 3. The molecule has 3 nitrogen and oxygen atoms in total. The van der Waals surface area contributed by atoms with Gasteiger partial charge in [0.05, 0.1) is 0 Å². The lowest BCUT2D eigenvalue weighted by molar-refractivity contribution is -0.142. The second kappa shape index (κ2) is 6.04. The minimum absolute atomic E-state index is 0.299. The molecule has 1 unspecified atom stereocenters. The normalized spacial score (nSPS) is 20.9. The topological polar surface area (TPSA) is 40.5 Å². The van der Waals surface area contributed by atoms with Gasteiger partial charge >= 0.3 is 5.97 Å². The Bertz CT molecular complexity index is 458. The van der Waals surface area contributed by atoms with Crippen LogP contribution in [0.3, 0.4) is 0 Å². The number of rotatable bonds is 3. The number of hydrogen-bond donors (Lipinski definition) is 1. The van der Waals surface area contributed by atoms with E-state index >= 15 is 0 Å². The van der Waals surface area contributed by atoms with Crippen molar-refractivity contribution < 1.29 is 14.3 Å². The Balaban J connectivity index is 2.13. The zero-order valence-electron chi connectivity index (χ0n) is 9.60. The lowest BCUT2D eigenvalue weighted by atomic mass is 10.1. The standard InChI is InChI=1S/C12H13BrFNO2S/c13-9-2-1-8(10(14)5-9)6-15-3-4-18-7-11(15)12(16)17/h1-2,5,11H,3-4,6-7H2,(H,16,17). The Kier molecular flexibility index (Phi) is 4.64. The highest BCUT2D eigenvalue weighted by Gasteiger charge is 2.29. The van der Waals surface area contributed by atoms with Gasteiger partial charge in [-0.1, -0.05) is 22.0 Å². The van der Waals surface area contributed by atoms with Crippen LogP contribution in [-0.4, -0.2) is 40.1 Å². The van der Waals surface area contributed by atoms with Crippen molar-refractivity contribution in [2.24, 2.45) is 0 Å². The first kappa shape index (κ1) is 13.8. The van der Waals surface area contributed by atoms with Gasteiger partial charge in [0, 0.05) is 34.6 Å². The van der Waals surface area contributed by atoms with Crippen molar-refractivity contribution in [3.05, 3.63) is 34.1 Å².